The van der Waals surface area contributed by atoms with Gasteiger partial charge in [-0.2, -0.15) is 4.39 Å². The monoisotopic (exact) mass is 409 g/mol. The molecule has 0 fully saturated rings. The highest BCUT2D eigenvalue weighted by Gasteiger charge is 2.17. The minimum absolute atomic E-state index is 0.0202. The molecular weight excluding hydrogens is 397 g/mol. The number of aromatic hydroxyl groups is 1. The highest BCUT2D eigenvalue weighted by atomic mass is 32.1. The normalized spacial score (nSPS) is 10.8. The summed E-state index contributed by atoms with van der Waals surface area (Å²) in [6, 6.07) is 14.8. The van der Waals surface area contributed by atoms with Crippen LogP contribution in [0.2, 0.25) is 0 Å². The van der Waals surface area contributed by atoms with Crippen molar-refractivity contribution in [3.05, 3.63) is 82.2 Å². The zero-order valence-electron chi connectivity index (χ0n) is 14.6. The Labute approximate surface area is 167 Å². The minimum Gasteiger partial charge on any atom is -0.508 e. The van der Waals surface area contributed by atoms with E-state index in [9.17, 15) is 24.4 Å². The van der Waals surface area contributed by atoms with Crippen LogP contribution < -0.4 is 5.32 Å². The van der Waals surface area contributed by atoms with Crippen molar-refractivity contribution < 1.29 is 19.2 Å². The van der Waals surface area contributed by atoms with Crippen LogP contribution >= 0.6 is 11.3 Å². The van der Waals surface area contributed by atoms with Crippen LogP contribution in [0.3, 0.4) is 0 Å². The molecule has 4 rings (SSSR count). The highest BCUT2D eigenvalue weighted by Crippen LogP contribution is 2.32. The number of carbonyl (C=O) groups excluding carboxylic acids is 1. The van der Waals surface area contributed by atoms with Gasteiger partial charge in [-0.05, 0) is 54.6 Å². The molecule has 144 valence electrons. The summed E-state index contributed by atoms with van der Waals surface area (Å²) < 4.78 is 14.3. The number of halogens is 1. The number of fused-ring (bicyclic) bond motifs is 1. The molecule has 9 heteroatoms. The molecule has 0 unspecified atom stereocenters. The molecule has 0 saturated carbocycles. The Morgan fingerprint density at radius 1 is 1.10 bits per heavy atom. The van der Waals surface area contributed by atoms with Crippen LogP contribution in [0.4, 0.5) is 15.8 Å². The number of hydrogen-bond acceptors (Lipinski definition) is 6. The van der Waals surface area contributed by atoms with Gasteiger partial charge in [0.05, 0.1) is 15.1 Å². The highest BCUT2D eigenvalue weighted by molar-refractivity contribution is 7.21. The summed E-state index contributed by atoms with van der Waals surface area (Å²) in [4.78, 5) is 26.8. The van der Waals surface area contributed by atoms with Crippen molar-refractivity contribution in [2.45, 2.75) is 0 Å². The van der Waals surface area contributed by atoms with Gasteiger partial charge >= 0.3 is 5.69 Å². The van der Waals surface area contributed by atoms with Crippen LogP contribution in [0.5, 0.6) is 5.75 Å². The number of amides is 1. The van der Waals surface area contributed by atoms with Crippen LogP contribution in [0.1, 0.15) is 10.4 Å². The van der Waals surface area contributed by atoms with Gasteiger partial charge in [-0.15, -0.1) is 11.3 Å². The zero-order chi connectivity index (χ0) is 20.5. The molecule has 1 heterocycles. The molecule has 0 aliphatic heterocycles. The first kappa shape index (κ1) is 18.5. The van der Waals surface area contributed by atoms with E-state index >= 15 is 0 Å². The molecule has 2 N–H and O–H groups in total. The summed E-state index contributed by atoms with van der Waals surface area (Å²) in [5, 5.41) is 23.8. The maximum atomic E-state index is 13.4. The van der Waals surface area contributed by atoms with E-state index in [0.717, 1.165) is 32.9 Å². The number of nitro benzene ring substituents is 1. The number of phenols is 1. The zero-order valence-corrected chi connectivity index (χ0v) is 15.4. The third kappa shape index (κ3) is 3.76. The molecule has 0 aliphatic carbocycles. The Morgan fingerprint density at radius 2 is 1.86 bits per heavy atom. The Morgan fingerprint density at radius 3 is 2.59 bits per heavy atom. The summed E-state index contributed by atoms with van der Waals surface area (Å²) in [5.41, 5.74) is 1.31. The lowest BCUT2D eigenvalue weighted by Crippen LogP contribution is -2.12. The maximum absolute atomic E-state index is 13.4. The number of thiazole rings is 1. The third-order valence-corrected chi connectivity index (χ3v) is 5.23. The largest absolute Gasteiger partial charge is 0.508 e. The van der Waals surface area contributed by atoms with Crippen LogP contribution in [0.15, 0.2) is 60.7 Å². The number of rotatable bonds is 4. The lowest BCUT2D eigenvalue weighted by molar-refractivity contribution is -0.387. The smallest absolute Gasteiger partial charge is 0.305 e. The van der Waals surface area contributed by atoms with E-state index in [1.807, 2.05) is 0 Å². The van der Waals surface area contributed by atoms with E-state index in [0.29, 0.717) is 5.69 Å². The number of nitro groups is 1. The standard InChI is InChI=1S/C20H12FN3O4S/c21-15-7-3-12(9-17(15)24(27)28)19(26)22-13-4-1-11(2-5-13)20-23-16-8-6-14(25)10-18(16)29-20/h1-10,25H,(H,22,26). The summed E-state index contributed by atoms with van der Waals surface area (Å²) in [7, 11) is 0. The quantitative estimate of drug-likeness (QED) is 0.366. The summed E-state index contributed by atoms with van der Waals surface area (Å²) in [6.07, 6.45) is 0. The van der Waals surface area contributed by atoms with E-state index in [-0.39, 0.29) is 11.3 Å². The number of phenolic OH excluding ortho intramolecular Hbond substituents is 1. The molecule has 0 radical (unpaired) electrons. The number of carbonyl (C=O) groups is 1. The van der Waals surface area contributed by atoms with Gasteiger partial charge in [-0.1, -0.05) is 0 Å². The Kier molecular flexibility index (Phi) is 4.65. The van der Waals surface area contributed by atoms with Gasteiger partial charge in [0.25, 0.3) is 5.91 Å². The number of benzene rings is 3. The van der Waals surface area contributed by atoms with Gasteiger partial charge in [0, 0.05) is 22.9 Å². The molecule has 29 heavy (non-hydrogen) atoms. The van der Waals surface area contributed by atoms with Gasteiger partial charge in [0.2, 0.25) is 5.82 Å². The van der Waals surface area contributed by atoms with Crippen LogP contribution in [0.25, 0.3) is 20.8 Å². The first-order valence-electron chi connectivity index (χ1n) is 8.36. The lowest BCUT2D eigenvalue weighted by atomic mass is 10.1. The second-order valence-corrected chi connectivity index (χ2v) is 7.16. The SMILES string of the molecule is O=C(Nc1ccc(-c2nc3ccc(O)cc3s2)cc1)c1ccc(F)c([N+](=O)[O-])c1. The second kappa shape index (κ2) is 7.28. The molecule has 7 nitrogen and oxygen atoms in total. The van der Waals surface area contributed by atoms with Crippen molar-refractivity contribution in [3.63, 3.8) is 0 Å². The number of nitrogens with one attached hydrogen (secondary N) is 1. The van der Waals surface area contributed by atoms with Crippen LogP contribution in [0, 0.1) is 15.9 Å². The molecule has 0 saturated heterocycles. The number of aromatic nitrogens is 1. The summed E-state index contributed by atoms with van der Waals surface area (Å²) >= 11 is 1.43. The fourth-order valence-electron chi connectivity index (χ4n) is 2.73. The van der Waals surface area contributed by atoms with Gasteiger partial charge in [0.1, 0.15) is 10.8 Å². The number of hydrogen-bond donors (Lipinski definition) is 2. The molecule has 4 aromatic rings. The van der Waals surface area contributed by atoms with E-state index in [1.165, 1.54) is 17.4 Å². The van der Waals surface area contributed by atoms with Crippen molar-refractivity contribution in [1.82, 2.24) is 4.98 Å². The molecule has 1 aromatic heterocycles. The van der Waals surface area contributed by atoms with E-state index in [2.05, 4.69) is 10.3 Å². The number of nitrogens with zero attached hydrogens (tertiary/aromatic N) is 2. The van der Waals surface area contributed by atoms with Crippen molar-refractivity contribution in [2.75, 3.05) is 5.32 Å². The maximum Gasteiger partial charge on any atom is 0.305 e. The second-order valence-electron chi connectivity index (χ2n) is 6.13. The third-order valence-electron chi connectivity index (χ3n) is 4.17. The predicted molar refractivity (Wildman–Crippen MR) is 108 cm³/mol. The van der Waals surface area contributed by atoms with E-state index < -0.39 is 22.3 Å². The fourth-order valence-corrected chi connectivity index (χ4v) is 3.73. The molecule has 1 amide bonds. The van der Waals surface area contributed by atoms with Crippen molar-refractivity contribution in [2.24, 2.45) is 0 Å². The van der Waals surface area contributed by atoms with Crippen LogP contribution in [-0.2, 0) is 0 Å². The fraction of sp³-hybridized carbons (Fsp3) is 0. The molecule has 0 atom stereocenters. The Bertz CT molecular complexity index is 1250. The Hall–Kier alpha value is -3.85. The first-order chi connectivity index (χ1) is 13.9. The van der Waals surface area contributed by atoms with Gasteiger partial charge < -0.3 is 10.4 Å². The van der Waals surface area contributed by atoms with Crippen molar-refractivity contribution >= 4 is 38.8 Å². The molecule has 0 bridgehead atoms. The van der Waals surface area contributed by atoms with E-state index in [4.69, 9.17) is 0 Å². The van der Waals surface area contributed by atoms with Crippen molar-refractivity contribution in [1.29, 1.82) is 0 Å². The van der Waals surface area contributed by atoms with Crippen molar-refractivity contribution in [3.8, 4) is 16.3 Å². The minimum atomic E-state index is -1.000. The molecule has 0 spiro atoms. The Balaban J connectivity index is 1.54. The molecule has 0 aliphatic rings. The lowest BCUT2D eigenvalue weighted by Gasteiger charge is -2.06. The predicted octanol–water partition coefficient (Wildman–Crippen LogP) is 4.97. The van der Waals surface area contributed by atoms with Gasteiger partial charge in [-0.3, -0.25) is 14.9 Å². The average molecular weight is 409 g/mol. The van der Waals surface area contributed by atoms with Gasteiger partial charge in [0.15, 0.2) is 0 Å². The average Bonchev–Trinajstić information content (AvgIpc) is 3.11. The summed E-state index contributed by atoms with van der Waals surface area (Å²) in [5.74, 6) is -1.41. The molecular formula is C20H12FN3O4S. The summed E-state index contributed by atoms with van der Waals surface area (Å²) in [6.45, 7) is 0. The first-order valence-corrected chi connectivity index (χ1v) is 9.17. The molecule has 3 aromatic carbocycles. The van der Waals surface area contributed by atoms with Gasteiger partial charge in [-0.25, -0.2) is 4.98 Å². The van der Waals surface area contributed by atoms with Crippen LogP contribution in [-0.4, -0.2) is 20.9 Å². The topological polar surface area (TPSA) is 105 Å². The number of anilines is 1. The van der Waals surface area contributed by atoms with E-state index in [1.54, 1.807) is 42.5 Å².